The average Bonchev–Trinajstić information content (AvgIpc) is 3.44. The first kappa shape index (κ1) is 19.5. The highest BCUT2D eigenvalue weighted by atomic mass is 35.5. The Bertz CT molecular complexity index is 825. The lowest BCUT2D eigenvalue weighted by Gasteiger charge is -2.10. The molecule has 1 aliphatic rings. The number of hydrogen-bond acceptors (Lipinski definition) is 7. The van der Waals surface area contributed by atoms with E-state index in [1.54, 1.807) is 12.1 Å². The molecule has 0 radical (unpaired) electrons. The Morgan fingerprint density at radius 1 is 1.33 bits per heavy atom. The standard InChI is InChI=1S/C17H19ClN4O4S/c1-25-16(24)8-19-15(23)10-27-17-21-20-14(22(17)11-6-7-11)9-26-13-5-3-2-4-12(13)18/h2-5,11H,6-10H2,1H3,(H,19,23). The van der Waals surface area contributed by atoms with E-state index in [9.17, 15) is 9.59 Å². The summed E-state index contributed by atoms with van der Waals surface area (Å²) in [5, 5.41) is 12.1. The zero-order valence-corrected chi connectivity index (χ0v) is 16.3. The number of ether oxygens (including phenoxy) is 2. The van der Waals surface area contributed by atoms with E-state index in [1.165, 1.54) is 18.9 Å². The largest absolute Gasteiger partial charge is 0.484 e. The quantitative estimate of drug-likeness (QED) is 0.500. The number of amides is 1. The van der Waals surface area contributed by atoms with Gasteiger partial charge in [-0.3, -0.25) is 14.2 Å². The van der Waals surface area contributed by atoms with Gasteiger partial charge < -0.3 is 14.8 Å². The van der Waals surface area contributed by atoms with Crippen molar-refractivity contribution in [3.63, 3.8) is 0 Å². The highest BCUT2D eigenvalue weighted by molar-refractivity contribution is 7.99. The van der Waals surface area contributed by atoms with Gasteiger partial charge in [-0.2, -0.15) is 0 Å². The molecule has 0 aliphatic heterocycles. The maximum Gasteiger partial charge on any atom is 0.325 e. The zero-order valence-electron chi connectivity index (χ0n) is 14.7. The van der Waals surface area contributed by atoms with E-state index in [0.717, 1.165) is 12.8 Å². The maximum absolute atomic E-state index is 11.9. The number of hydrogen-bond donors (Lipinski definition) is 1. The fourth-order valence-electron chi connectivity index (χ4n) is 2.33. The number of halogens is 1. The summed E-state index contributed by atoms with van der Waals surface area (Å²) in [4.78, 5) is 22.9. The van der Waals surface area contributed by atoms with Gasteiger partial charge in [0.15, 0.2) is 11.0 Å². The van der Waals surface area contributed by atoms with Crippen molar-refractivity contribution in [2.24, 2.45) is 0 Å². The molecule has 0 spiro atoms. The summed E-state index contributed by atoms with van der Waals surface area (Å²) in [6.07, 6.45) is 2.08. The third-order valence-electron chi connectivity index (χ3n) is 3.83. The molecule has 27 heavy (non-hydrogen) atoms. The molecule has 2 aromatic rings. The Morgan fingerprint density at radius 3 is 2.81 bits per heavy atom. The van der Waals surface area contributed by atoms with Crippen molar-refractivity contribution in [2.75, 3.05) is 19.4 Å². The molecular weight excluding hydrogens is 392 g/mol. The molecule has 1 fully saturated rings. The number of thioether (sulfide) groups is 1. The zero-order chi connectivity index (χ0) is 19.2. The molecule has 1 aliphatic carbocycles. The van der Waals surface area contributed by atoms with Gasteiger partial charge in [0.2, 0.25) is 5.91 Å². The monoisotopic (exact) mass is 410 g/mol. The highest BCUT2D eigenvalue weighted by Gasteiger charge is 2.30. The van der Waals surface area contributed by atoms with E-state index in [2.05, 4.69) is 20.3 Å². The molecule has 3 rings (SSSR count). The first-order valence-electron chi connectivity index (χ1n) is 8.36. The first-order valence-corrected chi connectivity index (χ1v) is 9.72. The molecule has 10 heteroatoms. The number of esters is 1. The van der Waals surface area contributed by atoms with Gasteiger partial charge in [-0.05, 0) is 25.0 Å². The van der Waals surface area contributed by atoms with Crippen molar-refractivity contribution < 1.29 is 19.1 Å². The lowest BCUT2D eigenvalue weighted by molar-refractivity contribution is -0.140. The molecule has 1 saturated carbocycles. The van der Waals surface area contributed by atoms with E-state index >= 15 is 0 Å². The number of carbonyl (C=O) groups excluding carboxylic acids is 2. The van der Waals surface area contributed by atoms with Crippen LogP contribution in [-0.4, -0.2) is 46.0 Å². The van der Waals surface area contributed by atoms with Crippen LogP contribution in [0, 0.1) is 0 Å². The second-order valence-corrected chi connectivity index (χ2v) is 7.21. The minimum Gasteiger partial charge on any atom is -0.484 e. The number of rotatable bonds is 9. The second-order valence-electron chi connectivity index (χ2n) is 5.86. The molecule has 8 nitrogen and oxygen atoms in total. The Kier molecular flexibility index (Phi) is 6.57. The number of para-hydroxylation sites is 1. The van der Waals surface area contributed by atoms with Crippen LogP contribution >= 0.6 is 23.4 Å². The Hall–Kier alpha value is -2.26. The molecule has 0 atom stereocenters. The molecular formula is C17H19ClN4O4S. The van der Waals surface area contributed by atoms with Gasteiger partial charge in [-0.1, -0.05) is 35.5 Å². The number of benzene rings is 1. The van der Waals surface area contributed by atoms with Crippen molar-refractivity contribution in [3.8, 4) is 5.75 Å². The Morgan fingerprint density at radius 2 is 2.11 bits per heavy atom. The summed E-state index contributed by atoms with van der Waals surface area (Å²) in [6, 6.07) is 7.56. The van der Waals surface area contributed by atoms with Crippen molar-refractivity contribution >= 4 is 35.2 Å². The van der Waals surface area contributed by atoms with Crippen LogP contribution < -0.4 is 10.1 Å². The topological polar surface area (TPSA) is 95.3 Å². The molecule has 1 amide bonds. The third-order valence-corrected chi connectivity index (χ3v) is 5.09. The van der Waals surface area contributed by atoms with E-state index in [-0.39, 0.29) is 24.8 Å². The Balaban J connectivity index is 1.59. The molecule has 1 N–H and O–H groups in total. The summed E-state index contributed by atoms with van der Waals surface area (Å²) in [5.74, 6) is 0.640. The van der Waals surface area contributed by atoms with Gasteiger partial charge in [-0.15, -0.1) is 10.2 Å². The fourth-order valence-corrected chi connectivity index (χ4v) is 3.38. The van der Waals surface area contributed by atoms with Gasteiger partial charge in [-0.25, -0.2) is 0 Å². The van der Waals surface area contributed by atoms with Crippen LogP contribution in [0.3, 0.4) is 0 Å². The van der Waals surface area contributed by atoms with E-state index in [1.807, 2.05) is 16.7 Å². The van der Waals surface area contributed by atoms with Gasteiger partial charge in [0.05, 0.1) is 17.9 Å². The third kappa shape index (κ3) is 5.36. The minimum absolute atomic E-state index is 0.132. The molecule has 0 unspecified atom stereocenters. The summed E-state index contributed by atoms with van der Waals surface area (Å²) < 4.78 is 12.3. The molecule has 144 valence electrons. The first-order chi connectivity index (χ1) is 13.1. The van der Waals surface area contributed by atoms with Crippen LogP contribution in [0.15, 0.2) is 29.4 Å². The predicted molar refractivity (Wildman–Crippen MR) is 99.8 cm³/mol. The fraction of sp³-hybridized carbons (Fsp3) is 0.412. The summed E-state index contributed by atoms with van der Waals surface area (Å²) in [5.41, 5.74) is 0. The van der Waals surface area contributed by atoms with E-state index < -0.39 is 5.97 Å². The normalized spacial score (nSPS) is 13.3. The predicted octanol–water partition coefficient (Wildman–Crippen LogP) is 2.23. The van der Waals surface area contributed by atoms with Crippen LogP contribution in [0.5, 0.6) is 5.75 Å². The van der Waals surface area contributed by atoms with E-state index in [0.29, 0.717) is 27.8 Å². The van der Waals surface area contributed by atoms with Crippen LogP contribution in [-0.2, 0) is 20.9 Å². The van der Waals surface area contributed by atoms with Gasteiger partial charge in [0.1, 0.15) is 18.9 Å². The van der Waals surface area contributed by atoms with Crippen molar-refractivity contribution in [1.29, 1.82) is 0 Å². The van der Waals surface area contributed by atoms with Crippen molar-refractivity contribution in [1.82, 2.24) is 20.1 Å². The maximum atomic E-state index is 11.9. The smallest absolute Gasteiger partial charge is 0.325 e. The van der Waals surface area contributed by atoms with Crippen LogP contribution in [0.1, 0.15) is 24.7 Å². The molecule has 0 bridgehead atoms. The molecule has 1 aromatic carbocycles. The van der Waals surface area contributed by atoms with Crippen molar-refractivity contribution in [2.45, 2.75) is 30.6 Å². The minimum atomic E-state index is -0.492. The Labute approximate surface area is 165 Å². The lowest BCUT2D eigenvalue weighted by atomic mass is 10.3. The van der Waals surface area contributed by atoms with E-state index in [4.69, 9.17) is 16.3 Å². The molecule has 0 saturated heterocycles. The summed E-state index contributed by atoms with van der Waals surface area (Å²) >= 11 is 7.38. The molecule has 1 aromatic heterocycles. The van der Waals surface area contributed by atoms with Gasteiger partial charge in [0, 0.05) is 6.04 Å². The van der Waals surface area contributed by atoms with Gasteiger partial charge in [0.25, 0.3) is 0 Å². The van der Waals surface area contributed by atoms with Crippen LogP contribution in [0.25, 0.3) is 0 Å². The SMILES string of the molecule is COC(=O)CNC(=O)CSc1nnc(COc2ccccc2Cl)n1C1CC1. The molecule has 1 heterocycles. The summed E-state index contributed by atoms with van der Waals surface area (Å²) in [6.45, 7) is 0.0878. The number of nitrogens with zero attached hydrogens (tertiary/aromatic N) is 3. The second kappa shape index (κ2) is 9.09. The number of carbonyl (C=O) groups is 2. The lowest BCUT2D eigenvalue weighted by Crippen LogP contribution is -2.31. The highest BCUT2D eigenvalue weighted by Crippen LogP contribution is 2.39. The number of methoxy groups -OCH3 is 1. The number of aromatic nitrogens is 3. The van der Waals surface area contributed by atoms with Crippen LogP contribution in [0.2, 0.25) is 5.02 Å². The van der Waals surface area contributed by atoms with Crippen molar-refractivity contribution in [3.05, 3.63) is 35.1 Å². The van der Waals surface area contributed by atoms with Gasteiger partial charge >= 0.3 is 5.97 Å². The number of nitrogens with one attached hydrogen (secondary N) is 1. The summed E-state index contributed by atoms with van der Waals surface area (Å²) in [7, 11) is 1.27. The average molecular weight is 411 g/mol. The van der Waals surface area contributed by atoms with Crippen LogP contribution in [0.4, 0.5) is 0 Å².